The summed E-state index contributed by atoms with van der Waals surface area (Å²) in [5.74, 6) is 0.242. The van der Waals surface area contributed by atoms with Crippen molar-refractivity contribution >= 4 is 17.8 Å². The molecule has 0 radical (unpaired) electrons. The first-order chi connectivity index (χ1) is 12.0. The smallest absolute Gasteiger partial charge is 0.317 e. The summed E-state index contributed by atoms with van der Waals surface area (Å²) in [5.41, 5.74) is 0. The molecule has 3 fully saturated rings. The molecular formula is C17H28N4O4. The van der Waals surface area contributed by atoms with Gasteiger partial charge in [-0.3, -0.25) is 9.59 Å². The van der Waals surface area contributed by atoms with Crippen LogP contribution in [-0.2, 0) is 14.3 Å². The van der Waals surface area contributed by atoms with E-state index in [1.807, 2.05) is 13.8 Å². The highest BCUT2D eigenvalue weighted by molar-refractivity contribution is 5.89. The van der Waals surface area contributed by atoms with Gasteiger partial charge in [-0.2, -0.15) is 0 Å². The summed E-state index contributed by atoms with van der Waals surface area (Å²) in [7, 11) is 0. The molecule has 3 aliphatic heterocycles. The second kappa shape index (κ2) is 7.59. The Bertz CT molecular complexity index is 527. The summed E-state index contributed by atoms with van der Waals surface area (Å²) in [4.78, 5) is 42.2. The van der Waals surface area contributed by atoms with Crippen LogP contribution in [0.5, 0.6) is 0 Å². The lowest BCUT2D eigenvalue weighted by atomic mass is 10.1. The van der Waals surface area contributed by atoms with Gasteiger partial charge in [-0.15, -0.1) is 0 Å². The Hall–Kier alpha value is -1.83. The lowest BCUT2D eigenvalue weighted by molar-refractivity contribution is -0.139. The summed E-state index contributed by atoms with van der Waals surface area (Å²) in [6.07, 6.45) is 0.284. The van der Waals surface area contributed by atoms with E-state index in [-0.39, 0.29) is 36.2 Å². The van der Waals surface area contributed by atoms with Crippen molar-refractivity contribution in [3.8, 4) is 0 Å². The Labute approximate surface area is 148 Å². The van der Waals surface area contributed by atoms with E-state index in [1.165, 1.54) is 0 Å². The minimum absolute atomic E-state index is 0.0267. The van der Waals surface area contributed by atoms with Crippen molar-refractivity contribution in [3.05, 3.63) is 0 Å². The number of nitrogens with zero attached hydrogens (tertiary/aromatic N) is 3. The second-order valence-corrected chi connectivity index (χ2v) is 7.52. The van der Waals surface area contributed by atoms with Crippen molar-refractivity contribution in [2.45, 2.75) is 26.3 Å². The van der Waals surface area contributed by atoms with Crippen molar-refractivity contribution < 1.29 is 19.1 Å². The van der Waals surface area contributed by atoms with Gasteiger partial charge in [0, 0.05) is 45.7 Å². The molecule has 8 nitrogen and oxygen atoms in total. The molecule has 140 valence electrons. The van der Waals surface area contributed by atoms with Crippen LogP contribution in [0.15, 0.2) is 0 Å². The average Bonchev–Trinajstić information content (AvgIpc) is 2.93. The summed E-state index contributed by atoms with van der Waals surface area (Å²) >= 11 is 0. The first-order valence-electron chi connectivity index (χ1n) is 9.14. The Morgan fingerprint density at radius 1 is 1.16 bits per heavy atom. The Kier molecular flexibility index (Phi) is 5.46. The van der Waals surface area contributed by atoms with Crippen LogP contribution >= 0.6 is 0 Å². The van der Waals surface area contributed by atoms with Crippen LogP contribution in [0.25, 0.3) is 0 Å². The molecule has 3 heterocycles. The zero-order chi connectivity index (χ0) is 18.0. The summed E-state index contributed by atoms with van der Waals surface area (Å²) in [6, 6.07) is -0.0303. The maximum atomic E-state index is 12.6. The molecule has 4 amide bonds. The lowest BCUT2D eigenvalue weighted by Gasteiger charge is -2.44. The zero-order valence-corrected chi connectivity index (χ0v) is 15.1. The van der Waals surface area contributed by atoms with Gasteiger partial charge in [-0.1, -0.05) is 13.8 Å². The Balaban J connectivity index is 1.46. The van der Waals surface area contributed by atoms with Crippen molar-refractivity contribution in [2.75, 3.05) is 52.5 Å². The van der Waals surface area contributed by atoms with Gasteiger partial charge in [0.25, 0.3) is 0 Å². The molecule has 3 saturated heterocycles. The summed E-state index contributed by atoms with van der Waals surface area (Å²) < 4.78 is 5.27. The number of carbonyl (C=O) groups excluding carboxylic acids is 3. The average molecular weight is 352 g/mol. The van der Waals surface area contributed by atoms with Crippen LogP contribution in [0.3, 0.4) is 0 Å². The minimum atomic E-state index is -0.255. The summed E-state index contributed by atoms with van der Waals surface area (Å²) in [6.45, 7) is 8.68. The number of carbonyl (C=O) groups is 3. The number of nitrogens with one attached hydrogen (secondary N) is 1. The number of urea groups is 1. The Morgan fingerprint density at radius 2 is 1.84 bits per heavy atom. The predicted molar refractivity (Wildman–Crippen MR) is 90.8 cm³/mol. The largest absolute Gasteiger partial charge is 0.378 e. The number of hydrogen-bond donors (Lipinski definition) is 1. The van der Waals surface area contributed by atoms with Crippen LogP contribution in [-0.4, -0.2) is 91.1 Å². The number of amides is 4. The SMILES string of the molecule is CC(C)CNC(=O)N1CC(N2CC(C(=O)N3CCOCC3)CC2=O)C1. The highest BCUT2D eigenvalue weighted by Gasteiger charge is 2.44. The van der Waals surface area contributed by atoms with Gasteiger partial charge in [-0.25, -0.2) is 4.79 Å². The second-order valence-electron chi connectivity index (χ2n) is 7.52. The number of morpholine rings is 1. The monoisotopic (exact) mass is 352 g/mol. The molecule has 0 aromatic carbocycles. The van der Waals surface area contributed by atoms with Gasteiger partial charge in [-0.05, 0) is 5.92 Å². The molecule has 0 aromatic rings. The molecule has 1 N–H and O–H groups in total. The van der Waals surface area contributed by atoms with E-state index in [4.69, 9.17) is 4.74 Å². The van der Waals surface area contributed by atoms with Gasteiger partial charge in [0.2, 0.25) is 11.8 Å². The third-order valence-corrected chi connectivity index (χ3v) is 5.08. The minimum Gasteiger partial charge on any atom is -0.378 e. The quantitative estimate of drug-likeness (QED) is 0.756. The third-order valence-electron chi connectivity index (χ3n) is 5.08. The zero-order valence-electron chi connectivity index (χ0n) is 15.1. The van der Waals surface area contributed by atoms with E-state index in [2.05, 4.69) is 5.32 Å². The van der Waals surface area contributed by atoms with Gasteiger partial charge in [0.15, 0.2) is 0 Å². The van der Waals surface area contributed by atoms with Gasteiger partial charge >= 0.3 is 6.03 Å². The molecule has 0 aliphatic carbocycles. The van der Waals surface area contributed by atoms with E-state index in [1.54, 1.807) is 14.7 Å². The molecular weight excluding hydrogens is 324 g/mol. The van der Waals surface area contributed by atoms with Crippen LogP contribution < -0.4 is 5.32 Å². The van der Waals surface area contributed by atoms with Crippen LogP contribution in [0, 0.1) is 11.8 Å². The first-order valence-corrected chi connectivity index (χ1v) is 9.14. The van der Waals surface area contributed by atoms with Crippen molar-refractivity contribution in [1.82, 2.24) is 20.0 Å². The van der Waals surface area contributed by atoms with Crippen molar-refractivity contribution in [2.24, 2.45) is 11.8 Å². The van der Waals surface area contributed by atoms with E-state index >= 15 is 0 Å². The number of likely N-dealkylation sites (tertiary alicyclic amines) is 2. The van der Waals surface area contributed by atoms with Gasteiger partial charge < -0.3 is 24.8 Å². The van der Waals surface area contributed by atoms with Crippen LogP contribution in [0.4, 0.5) is 4.79 Å². The molecule has 25 heavy (non-hydrogen) atoms. The summed E-state index contributed by atoms with van der Waals surface area (Å²) in [5, 5.41) is 2.89. The van der Waals surface area contributed by atoms with E-state index in [0.29, 0.717) is 58.4 Å². The molecule has 0 aromatic heterocycles. The predicted octanol–water partition coefficient (Wildman–Crippen LogP) is -0.256. The van der Waals surface area contributed by atoms with Gasteiger partial charge in [0.05, 0.1) is 25.2 Å². The van der Waals surface area contributed by atoms with Gasteiger partial charge in [0.1, 0.15) is 0 Å². The molecule has 1 atom stereocenters. The molecule has 8 heteroatoms. The fourth-order valence-corrected chi connectivity index (χ4v) is 3.51. The third kappa shape index (κ3) is 4.05. The topological polar surface area (TPSA) is 82.2 Å². The van der Waals surface area contributed by atoms with Crippen molar-refractivity contribution in [1.29, 1.82) is 0 Å². The molecule has 3 rings (SSSR count). The lowest BCUT2D eigenvalue weighted by Crippen LogP contribution is -2.63. The number of hydrogen-bond acceptors (Lipinski definition) is 4. The molecule has 1 unspecified atom stereocenters. The molecule has 0 saturated carbocycles. The fourth-order valence-electron chi connectivity index (χ4n) is 3.51. The molecule has 3 aliphatic rings. The first kappa shape index (κ1) is 18.0. The maximum Gasteiger partial charge on any atom is 0.317 e. The normalized spacial score (nSPS) is 24.7. The van der Waals surface area contributed by atoms with Crippen LogP contribution in [0.2, 0.25) is 0 Å². The van der Waals surface area contributed by atoms with E-state index < -0.39 is 0 Å². The van der Waals surface area contributed by atoms with E-state index in [9.17, 15) is 14.4 Å². The van der Waals surface area contributed by atoms with E-state index in [0.717, 1.165) is 0 Å². The highest BCUT2D eigenvalue weighted by Crippen LogP contribution is 2.26. The number of ether oxygens (including phenoxy) is 1. The Morgan fingerprint density at radius 3 is 2.48 bits per heavy atom. The number of rotatable bonds is 4. The molecule has 0 bridgehead atoms. The maximum absolute atomic E-state index is 12.6. The van der Waals surface area contributed by atoms with Crippen molar-refractivity contribution in [3.63, 3.8) is 0 Å². The standard InChI is InChI=1S/C17H28N4O4/c1-12(2)8-18-17(24)20-10-14(11-20)21-9-13(7-15(21)22)16(23)19-3-5-25-6-4-19/h12-14H,3-11H2,1-2H3,(H,18,24). The highest BCUT2D eigenvalue weighted by atomic mass is 16.5. The van der Waals surface area contributed by atoms with Crippen LogP contribution in [0.1, 0.15) is 20.3 Å². The molecule has 0 spiro atoms. The fraction of sp³-hybridized carbons (Fsp3) is 0.824.